The fourth-order valence-electron chi connectivity index (χ4n) is 2.34. The highest BCUT2D eigenvalue weighted by molar-refractivity contribution is 5.91. The lowest BCUT2D eigenvalue weighted by Crippen LogP contribution is -2.33. The molecule has 1 amide bonds. The molecule has 0 spiro atoms. The largest absolute Gasteiger partial charge is 0.481 e. The van der Waals surface area contributed by atoms with Crippen molar-refractivity contribution in [1.82, 2.24) is 4.90 Å². The molecule has 94 valence electrons. The molecular formula is C12H18N2O3. The predicted molar refractivity (Wildman–Crippen MR) is 60.8 cm³/mol. The van der Waals surface area contributed by atoms with Crippen LogP contribution >= 0.6 is 0 Å². The Kier molecular flexibility index (Phi) is 3.46. The topological polar surface area (TPSA) is 81.4 Å². The van der Waals surface area contributed by atoms with E-state index in [0.29, 0.717) is 6.54 Å². The predicted octanol–water partition coefficient (Wildman–Crippen LogP) is 0.961. The van der Waals surface area contributed by atoms with Gasteiger partial charge in [0.15, 0.2) is 0 Å². The first-order valence-corrected chi connectivity index (χ1v) is 5.60. The molecule has 0 aromatic rings. The van der Waals surface area contributed by atoms with Crippen molar-refractivity contribution in [2.45, 2.75) is 20.8 Å². The van der Waals surface area contributed by atoms with Crippen LogP contribution in [0.25, 0.3) is 0 Å². The number of hydrogen-bond acceptors (Lipinski definition) is 3. The van der Waals surface area contributed by atoms with Crippen LogP contribution < -0.4 is 0 Å². The zero-order chi connectivity index (χ0) is 13.4. The van der Waals surface area contributed by atoms with Crippen molar-refractivity contribution in [3.05, 3.63) is 0 Å². The van der Waals surface area contributed by atoms with E-state index >= 15 is 0 Å². The zero-order valence-corrected chi connectivity index (χ0v) is 10.6. The number of carboxylic acids is 1. The maximum Gasteiger partial charge on any atom is 0.307 e. The Hall–Kier alpha value is -1.57. The van der Waals surface area contributed by atoms with Crippen molar-refractivity contribution in [3.8, 4) is 6.07 Å². The average Bonchev–Trinajstić information content (AvgIpc) is 2.80. The standard InChI is InChI=1S/C12H18N2O3/c1-7(5-13)6-14(4)10(15)8-9(11(16)17)12(8,2)3/h7-9H,6H2,1-4H3,(H,16,17)/t7?,8-,9+/m1/s1. The summed E-state index contributed by atoms with van der Waals surface area (Å²) in [4.78, 5) is 24.5. The van der Waals surface area contributed by atoms with E-state index in [0.717, 1.165) is 0 Å². The Morgan fingerprint density at radius 3 is 2.35 bits per heavy atom. The summed E-state index contributed by atoms with van der Waals surface area (Å²) in [5.41, 5.74) is -0.479. The second-order valence-electron chi connectivity index (χ2n) is 5.36. The minimum atomic E-state index is -0.921. The number of carbonyl (C=O) groups is 2. The zero-order valence-electron chi connectivity index (χ0n) is 10.6. The monoisotopic (exact) mass is 238 g/mol. The minimum Gasteiger partial charge on any atom is -0.481 e. The van der Waals surface area contributed by atoms with Gasteiger partial charge in [-0.05, 0) is 12.3 Å². The first-order chi connectivity index (χ1) is 7.73. The molecule has 0 aliphatic heterocycles. The molecule has 1 N–H and O–H groups in total. The number of aliphatic carboxylic acids is 1. The summed E-state index contributed by atoms with van der Waals surface area (Å²) in [5, 5.41) is 17.7. The molecular weight excluding hydrogens is 220 g/mol. The molecule has 1 aliphatic rings. The Bertz CT molecular complexity index is 384. The van der Waals surface area contributed by atoms with E-state index in [9.17, 15) is 9.59 Å². The number of nitrogens with zero attached hydrogens (tertiary/aromatic N) is 2. The quantitative estimate of drug-likeness (QED) is 0.791. The van der Waals surface area contributed by atoms with E-state index in [1.54, 1.807) is 27.8 Å². The third kappa shape index (κ3) is 2.41. The first-order valence-electron chi connectivity index (χ1n) is 5.60. The van der Waals surface area contributed by atoms with Gasteiger partial charge in [-0.1, -0.05) is 13.8 Å². The molecule has 0 aromatic heterocycles. The highest BCUT2D eigenvalue weighted by Crippen LogP contribution is 2.58. The van der Waals surface area contributed by atoms with Crippen molar-refractivity contribution in [1.29, 1.82) is 5.26 Å². The molecule has 1 saturated carbocycles. The third-order valence-corrected chi connectivity index (χ3v) is 3.50. The Balaban J connectivity index is 2.67. The van der Waals surface area contributed by atoms with E-state index < -0.39 is 23.2 Å². The van der Waals surface area contributed by atoms with Gasteiger partial charge < -0.3 is 10.0 Å². The minimum absolute atomic E-state index is 0.176. The van der Waals surface area contributed by atoms with Crippen LogP contribution in [0.15, 0.2) is 0 Å². The van der Waals surface area contributed by atoms with Gasteiger partial charge in [0.25, 0.3) is 0 Å². The molecule has 3 atom stereocenters. The summed E-state index contributed by atoms with van der Waals surface area (Å²) in [6.07, 6.45) is 0. The van der Waals surface area contributed by atoms with Gasteiger partial charge in [-0.2, -0.15) is 5.26 Å². The van der Waals surface area contributed by atoms with Gasteiger partial charge in [0.05, 0.1) is 23.8 Å². The fraction of sp³-hybridized carbons (Fsp3) is 0.750. The van der Waals surface area contributed by atoms with Crippen LogP contribution in [-0.2, 0) is 9.59 Å². The van der Waals surface area contributed by atoms with E-state index in [1.807, 2.05) is 0 Å². The second kappa shape index (κ2) is 4.36. The van der Waals surface area contributed by atoms with Crippen molar-refractivity contribution < 1.29 is 14.7 Å². The Morgan fingerprint density at radius 1 is 1.47 bits per heavy atom. The van der Waals surface area contributed by atoms with E-state index in [4.69, 9.17) is 10.4 Å². The third-order valence-electron chi connectivity index (χ3n) is 3.50. The molecule has 0 aromatic carbocycles. The van der Waals surface area contributed by atoms with Crippen LogP contribution in [0.2, 0.25) is 0 Å². The molecule has 5 nitrogen and oxygen atoms in total. The van der Waals surface area contributed by atoms with Gasteiger partial charge >= 0.3 is 5.97 Å². The Labute approximate surface area is 101 Å². The normalized spacial score (nSPS) is 26.8. The summed E-state index contributed by atoms with van der Waals surface area (Å²) < 4.78 is 0. The van der Waals surface area contributed by atoms with Crippen LogP contribution in [0.1, 0.15) is 20.8 Å². The van der Waals surface area contributed by atoms with Crippen LogP contribution in [0.4, 0.5) is 0 Å². The number of nitriles is 1. The van der Waals surface area contributed by atoms with Gasteiger partial charge in [0.1, 0.15) is 0 Å². The van der Waals surface area contributed by atoms with Crippen molar-refractivity contribution in [3.63, 3.8) is 0 Å². The Morgan fingerprint density at radius 2 is 2.00 bits per heavy atom. The van der Waals surface area contributed by atoms with Crippen molar-refractivity contribution in [2.75, 3.05) is 13.6 Å². The molecule has 0 heterocycles. The van der Waals surface area contributed by atoms with Crippen LogP contribution in [0.5, 0.6) is 0 Å². The van der Waals surface area contributed by atoms with Crippen LogP contribution in [0, 0.1) is 34.5 Å². The average molecular weight is 238 g/mol. The molecule has 1 fully saturated rings. The summed E-state index contributed by atoms with van der Waals surface area (Å²) in [5.74, 6) is -2.40. The van der Waals surface area contributed by atoms with E-state index in [2.05, 4.69) is 6.07 Å². The van der Waals surface area contributed by atoms with Gasteiger partial charge in [-0.15, -0.1) is 0 Å². The molecule has 17 heavy (non-hydrogen) atoms. The molecule has 0 radical (unpaired) electrons. The van der Waals surface area contributed by atoms with Crippen molar-refractivity contribution in [2.24, 2.45) is 23.2 Å². The molecule has 0 bridgehead atoms. The maximum atomic E-state index is 12.0. The van der Waals surface area contributed by atoms with Crippen LogP contribution in [-0.4, -0.2) is 35.5 Å². The van der Waals surface area contributed by atoms with E-state index in [-0.39, 0.29) is 11.8 Å². The molecule has 0 saturated heterocycles. The van der Waals surface area contributed by atoms with Crippen molar-refractivity contribution >= 4 is 11.9 Å². The number of carboxylic acid groups (broad SMARTS) is 1. The van der Waals surface area contributed by atoms with Gasteiger partial charge in [-0.3, -0.25) is 9.59 Å². The molecule has 1 aliphatic carbocycles. The smallest absolute Gasteiger partial charge is 0.307 e. The van der Waals surface area contributed by atoms with Crippen LogP contribution in [0.3, 0.4) is 0 Å². The summed E-state index contributed by atoms with van der Waals surface area (Å²) in [7, 11) is 1.61. The number of rotatable bonds is 4. The lowest BCUT2D eigenvalue weighted by atomic mass is 10.1. The highest BCUT2D eigenvalue weighted by atomic mass is 16.4. The number of amides is 1. The van der Waals surface area contributed by atoms with E-state index in [1.165, 1.54) is 4.90 Å². The summed E-state index contributed by atoms with van der Waals surface area (Å²) >= 11 is 0. The van der Waals surface area contributed by atoms with Gasteiger partial charge in [0, 0.05) is 13.6 Å². The lowest BCUT2D eigenvalue weighted by molar-refractivity contribution is -0.141. The van der Waals surface area contributed by atoms with Gasteiger partial charge in [-0.25, -0.2) is 0 Å². The number of hydrogen-bond donors (Lipinski definition) is 1. The summed E-state index contributed by atoms with van der Waals surface area (Å²) in [6, 6.07) is 2.05. The maximum absolute atomic E-state index is 12.0. The lowest BCUT2D eigenvalue weighted by Gasteiger charge is -2.18. The molecule has 1 unspecified atom stereocenters. The number of carbonyl (C=O) groups excluding carboxylic acids is 1. The second-order valence-corrected chi connectivity index (χ2v) is 5.36. The summed E-state index contributed by atoms with van der Waals surface area (Å²) in [6.45, 7) is 5.65. The highest BCUT2D eigenvalue weighted by Gasteiger charge is 2.66. The van der Waals surface area contributed by atoms with Gasteiger partial charge in [0.2, 0.25) is 5.91 Å². The first kappa shape index (κ1) is 13.5. The SMILES string of the molecule is CC(C#N)CN(C)C(=O)[C@H]1[C@@H](C(=O)O)C1(C)C. The molecule has 5 heteroatoms. The molecule has 1 rings (SSSR count). The fourth-order valence-corrected chi connectivity index (χ4v) is 2.34.